The lowest BCUT2D eigenvalue weighted by atomic mass is 10.0. The van der Waals surface area contributed by atoms with Gasteiger partial charge in [0.25, 0.3) is 0 Å². The largest absolute Gasteiger partial charge is 0.480 e. The molecule has 1 aromatic heterocycles. The van der Waals surface area contributed by atoms with Crippen molar-refractivity contribution in [3.8, 4) is 0 Å². The fourth-order valence-corrected chi connectivity index (χ4v) is 2.61. The predicted molar refractivity (Wildman–Crippen MR) is 83.5 cm³/mol. The quantitative estimate of drug-likeness (QED) is 0.779. The number of furan rings is 1. The molecule has 1 heterocycles. The number of nitrogens with one attached hydrogen (secondary N) is 1. The normalized spacial score (nSPS) is 14.2. The van der Waals surface area contributed by atoms with Gasteiger partial charge in [-0.15, -0.1) is 0 Å². The Labute approximate surface area is 125 Å². The highest BCUT2D eigenvalue weighted by Crippen LogP contribution is 2.22. The number of carboxylic acids is 1. The molecule has 114 valence electrons. The Morgan fingerprint density at radius 3 is 2.86 bits per heavy atom. The van der Waals surface area contributed by atoms with E-state index in [-0.39, 0.29) is 6.04 Å². The number of carboxylic acid groups (broad SMARTS) is 1. The van der Waals surface area contributed by atoms with Gasteiger partial charge >= 0.3 is 5.97 Å². The van der Waals surface area contributed by atoms with Gasteiger partial charge < -0.3 is 14.8 Å². The number of carbonyl (C=O) groups is 1. The minimum atomic E-state index is -0.771. The Balaban J connectivity index is 2.00. The highest BCUT2D eigenvalue weighted by molar-refractivity contribution is 5.80. The SMILES string of the molecule is CCCCC(NC(C)Cc1coc2ccccc12)C(=O)O. The van der Waals surface area contributed by atoms with Crippen LogP contribution in [0.4, 0.5) is 0 Å². The Bertz CT molecular complexity index is 590. The molecule has 0 aliphatic rings. The van der Waals surface area contributed by atoms with Gasteiger partial charge in [0.1, 0.15) is 11.6 Å². The summed E-state index contributed by atoms with van der Waals surface area (Å²) in [4.78, 5) is 11.3. The molecule has 2 unspecified atom stereocenters. The van der Waals surface area contributed by atoms with E-state index >= 15 is 0 Å². The van der Waals surface area contributed by atoms with Crippen molar-refractivity contribution in [1.82, 2.24) is 5.32 Å². The average molecular weight is 289 g/mol. The molecule has 0 bridgehead atoms. The van der Waals surface area contributed by atoms with Crippen LogP contribution < -0.4 is 5.32 Å². The van der Waals surface area contributed by atoms with Crippen LogP contribution in [0.5, 0.6) is 0 Å². The first-order chi connectivity index (χ1) is 10.1. The third-order valence-electron chi connectivity index (χ3n) is 3.72. The van der Waals surface area contributed by atoms with Crippen LogP contribution in [-0.4, -0.2) is 23.2 Å². The first-order valence-electron chi connectivity index (χ1n) is 7.55. The summed E-state index contributed by atoms with van der Waals surface area (Å²) < 4.78 is 5.52. The first kappa shape index (κ1) is 15.6. The van der Waals surface area contributed by atoms with Gasteiger partial charge in [-0.05, 0) is 31.4 Å². The van der Waals surface area contributed by atoms with Gasteiger partial charge in [0.15, 0.2) is 0 Å². The lowest BCUT2D eigenvalue weighted by molar-refractivity contribution is -0.139. The minimum Gasteiger partial charge on any atom is -0.480 e. The fraction of sp³-hybridized carbons (Fsp3) is 0.471. The average Bonchev–Trinajstić information content (AvgIpc) is 2.86. The Morgan fingerprint density at radius 2 is 2.14 bits per heavy atom. The van der Waals surface area contributed by atoms with E-state index in [2.05, 4.69) is 12.2 Å². The number of rotatable bonds is 8. The molecule has 21 heavy (non-hydrogen) atoms. The zero-order chi connectivity index (χ0) is 15.2. The number of benzene rings is 1. The van der Waals surface area contributed by atoms with Gasteiger partial charge in [0, 0.05) is 11.4 Å². The maximum Gasteiger partial charge on any atom is 0.320 e. The number of unbranched alkanes of at least 4 members (excludes halogenated alkanes) is 1. The first-order valence-corrected chi connectivity index (χ1v) is 7.55. The third-order valence-corrected chi connectivity index (χ3v) is 3.72. The van der Waals surface area contributed by atoms with Crippen LogP contribution in [0, 0.1) is 0 Å². The number of hydrogen-bond donors (Lipinski definition) is 2. The standard InChI is InChI=1S/C17H23NO3/c1-3-4-8-15(17(19)20)18-12(2)10-13-11-21-16-9-6-5-7-14(13)16/h5-7,9,11-12,15,18H,3-4,8,10H2,1-2H3,(H,19,20). The van der Waals surface area contributed by atoms with E-state index in [0.29, 0.717) is 6.42 Å². The highest BCUT2D eigenvalue weighted by Gasteiger charge is 2.19. The molecular weight excluding hydrogens is 266 g/mol. The van der Waals surface area contributed by atoms with Crippen molar-refractivity contribution in [3.63, 3.8) is 0 Å². The van der Waals surface area contributed by atoms with Gasteiger partial charge in [-0.1, -0.05) is 38.0 Å². The highest BCUT2D eigenvalue weighted by atomic mass is 16.4. The second-order valence-corrected chi connectivity index (χ2v) is 5.56. The molecule has 2 rings (SSSR count). The van der Waals surface area contributed by atoms with Crippen LogP contribution in [0.15, 0.2) is 34.9 Å². The molecule has 0 aliphatic heterocycles. The lowest BCUT2D eigenvalue weighted by Gasteiger charge is -2.19. The van der Waals surface area contributed by atoms with Crippen LogP contribution in [-0.2, 0) is 11.2 Å². The van der Waals surface area contributed by atoms with E-state index in [4.69, 9.17) is 4.42 Å². The Kier molecular flexibility index (Phi) is 5.39. The molecule has 0 saturated carbocycles. The summed E-state index contributed by atoms with van der Waals surface area (Å²) in [6.45, 7) is 4.09. The number of fused-ring (bicyclic) bond motifs is 1. The molecule has 2 N–H and O–H groups in total. The smallest absolute Gasteiger partial charge is 0.320 e. The molecule has 1 aromatic carbocycles. The molecule has 0 aliphatic carbocycles. The summed E-state index contributed by atoms with van der Waals surface area (Å²) in [5, 5.41) is 13.6. The predicted octanol–water partition coefficient (Wildman–Crippen LogP) is 3.60. The number of hydrogen-bond acceptors (Lipinski definition) is 3. The molecule has 2 atom stereocenters. The molecule has 0 saturated heterocycles. The van der Waals surface area contributed by atoms with E-state index < -0.39 is 12.0 Å². The second-order valence-electron chi connectivity index (χ2n) is 5.56. The van der Waals surface area contributed by atoms with Gasteiger partial charge in [0.05, 0.1) is 6.26 Å². The zero-order valence-electron chi connectivity index (χ0n) is 12.6. The van der Waals surface area contributed by atoms with E-state index in [0.717, 1.165) is 35.8 Å². The topological polar surface area (TPSA) is 62.5 Å². The molecule has 4 nitrogen and oxygen atoms in total. The van der Waals surface area contributed by atoms with E-state index in [9.17, 15) is 9.90 Å². The number of para-hydroxylation sites is 1. The molecule has 0 radical (unpaired) electrons. The van der Waals surface area contributed by atoms with Crippen molar-refractivity contribution in [2.45, 2.75) is 51.6 Å². The molecule has 0 spiro atoms. The van der Waals surface area contributed by atoms with E-state index in [1.165, 1.54) is 0 Å². The lowest BCUT2D eigenvalue weighted by Crippen LogP contribution is -2.42. The van der Waals surface area contributed by atoms with E-state index in [1.54, 1.807) is 6.26 Å². The van der Waals surface area contributed by atoms with Crippen LogP contribution in [0.1, 0.15) is 38.7 Å². The Morgan fingerprint density at radius 1 is 1.38 bits per heavy atom. The number of aliphatic carboxylic acids is 1. The summed E-state index contributed by atoms with van der Waals surface area (Å²) in [6.07, 6.45) is 5.12. The summed E-state index contributed by atoms with van der Waals surface area (Å²) in [5.41, 5.74) is 1.99. The minimum absolute atomic E-state index is 0.0870. The van der Waals surface area contributed by atoms with Gasteiger partial charge in [0.2, 0.25) is 0 Å². The van der Waals surface area contributed by atoms with Crippen molar-refractivity contribution in [1.29, 1.82) is 0 Å². The Hall–Kier alpha value is -1.81. The molecular formula is C17H23NO3. The zero-order valence-corrected chi connectivity index (χ0v) is 12.6. The summed E-state index contributed by atoms with van der Waals surface area (Å²) in [6, 6.07) is 7.52. The van der Waals surface area contributed by atoms with Gasteiger partial charge in [-0.3, -0.25) is 4.79 Å². The summed E-state index contributed by atoms with van der Waals surface area (Å²) in [5.74, 6) is -0.771. The fourth-order valence-electron chi connectivity index (χ4n) is 2.61. The monoisotopic (exact) mass is 289 g/mol. The molecule has 0 fully saturated rings. The maximum absolute atomic E-state index is 11.3. The van der Waals surface area contributed by atoms with Crippen molar-refractivity contribution in [3.05, 3.63) is 36.1 Å². The summed E-state index contributed by atoms with van der Waals surface area (Å²) in [7, 11) is 0. The van der Waals surface area contributed by atoms with Crippen LogP contribution in [0.3, 0.4) is 0 Å². The summed E-state index contributed by atoms with van der Waals surface area (Å²) >= 11 is 0. The molecule has 4 heteroatoms. The molecule has 0 amide bonds. The van der Waals surface area contributed by atoms with Crippen molar-refractivity contribution >= 4 is 16.9 Å². The third kappa shape index (κ3) is 4.08. The molecule has 2 aromatic rings. The maximum atomic E-state index is 11.3. The van der Waals surface area contributed by atoms with Crippen molar-refractivity contribution < 1.29 is 14.3 Å². The van der Waals surface area contributed by atoms with Crippen molar-refractivity contribution in [2.75, 3.05) is 0 Å². The van der Waals surface area contributed by atoms with Crippen LogP contribution >= 0.6 is 0 Å². The van der Waals surface area contributed by atoms with Gasteiger partial charge in [-0.25, -0.2) is 0 Å². The van der Waals surface area contributed by atoms with E-state index in [1.807, 2.05) is 31.2 Å². The van der Waals surface area contributed by atoms with Crippen molar-refractivity contribution in [2.24, 2.45) is 0 Å². The van der Waals surface area contributed by atoms with Crippen LogP contribution in [0.2, 0.25) is 0 Å². The van der Waals surface area contributed by atoms with Gasteiger partial charge in [-0.2, -0.15) is 0 Å². The second kappa shape index (κ2) is 7.27. The van der Waals surface area contributed by atoms with Crippen LogP contribution in [0.25, 0.3) is 11.0 Å².